The van der Waals surface area contributed by atoms with E-state index < -0.39 is 11.5 Å². The van der Waals surface area contributed by atoms with Crippen LogP contribution in [0.4, 0.5) is 0 Å². The summed E-state index contributed by atoms with van der Waals surface area (Å²) in [5.41, 5.74) is -1.09. The molecule has 3 fully saturated rings. The van der Waals surface area contributed by atoms with Gasteiger partial charge in [0.25, 0.3) is 0 Å². The third-order valence-electron chi connectivity index (χ3n) is 7.07. The van der Waals surface area contributed by atoms with Crippen LogP contribution in [0.15, 0.2) is 0 Å². The lowest BCUT2D eigenvalue weighted by Gasteiger charge is -2.38. The molecular weight excluding hydrogens is 344 g/mol. The summed E-state index contributed by atoms with van der Waals surface area (Å²) in [6.45, 7) is 2.13. The van der Waals surface area contributed by atoms with Crippen molar-refractivity contribution in [2.75, 3.05) is 0 Å². The largest absolute Gasteiger partial charge is 0.480 e. The molecule has 3 aliphatic carbocycles. The number of hydrogen-bond acceptors (Lipinski definition) is 3. The predicted octanol–water partition coefficient (Wildman–Crippen LogP) is 3.00. The Morgan fingerprint density at radius 1 is 0.815 bits per heavy atom. The summed E-state index contributed by atoms with van der Waals surface area (Å²) in [4.78, 5) is 36.9. The number of carbonyl (C=O) groups excluding carboxylic acids is 2. The van der Waals surface area contributed by atoms with Crippen LogP contribution in [0.25, 0.3) is 0 Å². The maximum absolute atomic E-state index is 12.7. The van der Waals surface area contributed by atoms with E-state index >= 15 is 0 Å². The molecule has 27 heavy (non-hydrogen) atoms. The molecule has 0 aliphatic heterocycles. The zero-order valence-corrected chi connectivity index (χ0v) is 16.5. The minimum absolute atomic E-state index is 0.118. The topological polar surface area (TPSA) is 95.5 Å². The molecule has 0 unspecified atom stereocenters. The molecule has 3 saturated carbocycles. The van der Waals surface area contributed by atoms with Gasteiger partial charge in [-0.2, -0.15) is 0 Å². The minimum Gasteiger partial charge on any atom is -0.480 e. The van der Waals surface area contributed by atoms with Gasteiger partial charge in [0.2, 0.25) is 11.8 Å². The first-order valence-electron chi connectivity index (χ1n) is 10.8. The molecule has 0 saturated heterocycles. The highest BCUT2D eigenvalue weighted by molar-refractivity contribution is 5.88. The Balaban J connectivity index is 1.47. The lowest BCUT2D eigenvalue weighted by molar-refractivity contribution is -0.150. The first-order chi connectivity index (χ1) is 12.9. The van der Waals surface area contributed by atoms with Gasteiger partial charge in [0.05, 0.1) is 0 Å². The van der Waals surface area contributed by atoms with Crippen molar-refractivity contribution in [3.05, 3.63) is 0 Å². The van der Waals surface area contributed by atoms with E-state index in [1.165, 1.54) is 0 Å². The maximum Gasteiger partial charge on any atom is 0.329 e. The summed E-state index contributed by atoms with van der Waals surface area (Å²) in [6.07, 6.45) is 10.0. The molecular formula is C21H34N2O4. The number of carbonyl (C=O) groups is 3. The molecule has 3 rings (SSSR count). The number of amides is 2. The third kappa shape index (κ3) is 4.82. The van der Waals surface area contributed by atoms with Gasteiger partial charge in [-0.1, -0.05) is 19.8 Å². The van der Waals surface area contributed by atoms with Crippen molar-refractivity contribution in [2.45, 2.75) is 95.6 Å². The molecule has 0 aromatic rings. The monoisotopic (exact) mass is 378 g/mol. The van der Waals surface area contributed by atoms with Crippen molar-refractivity contribution >= 4 is 17.8 Å². The van der Waals surface area contributed by atoms with Crippen molar-refractivity contribution in [1.29, 1.82) is 0 Å². The van der Waals surface area contributed by atoms with E-state index in [1.807, 2.05) is 0 Å². The van der Waals surface area contributed by atoms with E-state index in [0.29, 0.717) is 31.6 Å². The molecule has 3 N–H and O–H groups in total. The number of aliphatic carboxylic acids is 1. The van der Waals surface area contributed by atoms with Crippen molar-refractivity contribution < 1.29 is 19.5 Å². The smallest absolute Gasteiger partial charge is 0.329 e. The minimum atomic E-state index is -1.09. The summed E-state index contributed by atoms with van der Waals surface area (Å²) < 4.78 is 0. The number of nitrogens with one attached hydrogen (secondary N) is 2. The van der Waals surface area contributed by atoms with Gasteiger partial charge in [-0.05, 0) is 70.1 Å². The number of carboxylic acid groups (broad SMARTS) is 1. The molecule has 152 valence electrons. The van der Waals surface area contributed by atoms with Crippen LogP contribution in [0, 0.1) is 17.8 Å². The van der Waals surface area contributed by atoms with Gasteiger partial charge in [-0.15, -0.1) is 0 Å². The summed E-state index contributed by atoms with van der Waals surface area (Å²) in [5, 5.41) is 15.8. The summed E-state index contributed by atoms with van der Waals surface area (Å²) >= 11 is 0. The van der Waals surface area contributed by atoms with Gasteiger partial charge in [-0.25, -0.2) is 4.79 Å². The van der Waals surface area contributed by atoms with Gasteiger partial charge in [0.15, 0.2) is 0 Å². The number of hydrogen-bond donors (Lipinski definition) is 3. The van der Waals surface area contributed by atoms with E-state index in [4.69, 9.17) is 0 Å². The van der Waals surface area contributed by atoms with Crippen LogP contribution in [-0.4, -0.2) is 34.5 Å². The quantitative estimate of drug-likeness (QED) is 0.685. The molecule has 6 nitrogen and oxygen atoms in total. The number of carboxylic acids is 1. The van der Waals surface area contributed by atoms with Gasteiger partial charge in [0, 0.05) is 17.9 Å². The molecule has 0 heterocycles. The second kappa shape index (κ2) is 8.61. The molecule has 3 aliphatic rings. The fraction of sp³-hybridized carbons (Fsp3) is 0.857. The van der Waals surface area contributed by atoms with Crippen molar-refractivity contribution in [3.8, 4) is 0 Å². The van der Waals surface area contributed by atoms with Gasteiger partial charge in [0.1, 0.15) is 5.54 Å². The molecule has 0 atom stereocenters. The summed E-state index contributed by atoms with van der Waals surface area (Å²) in [5.74, 6) is -0.280. The normalized spacial score (nSPS) is 34.8. The molecule has 0 spiro atoms. The third-order valence-corrected chi connectivity index (χ3v) is 7.07. The zero-order chi connectivity index (χ0) is 19.4. The summed E-state index contributed by atoms with van der Waals surface area (Å²) in [7, 11) is 0. The molecule has 0 aromatic carbocycles. The fourth-order valence-corrected chi connectivity index (χ4v) is 4.99. The van der Waals surface area contributed by atoms with Crippen LogP contribution in [0.2, 0.25) is 0 Å². The van der Waals surface area contributed by atoms with Crippen LogP contribution < -0.4 is 10.6 Å². The van der Waals surface area contributed by atoms with Crippen LogP contribution in [0.5, 0.6) is 0 Å². The van der Waals surface area contributed by atoms with Crippen molar-refractivity contribution in [2.24, 2.45) is 17.8 Å². The average Bonchev–Trinajstić information content (AvgIpc) is 3.19. The first kappa shape index (κ1) is 20.2. The second-order valence-electron chi connectivity index (χ2n) is 9.10. The van der Waals surface area contributed by atoms with Crippen LogP contribution in [0.3, 0.4) is 0 Å². The van der Waals surface area contributed by atoms with E-state index in [1.54, 1.807) is 0 Å². The standard InChI is InChI=1S/C21H34N2O4/c1-14-10-12-21(13-11-14,20(26)27)23-19(25)16-6-8-17(9-7-16)22-18(24)15-4-2-3-5-15/h14-17H,2-13H2,1H3,(H,22,24)(H,23,25)(H,26,27). The Labute approximate surface area is 161 Å². The second-order valence-corrected chi connectivity index (χ2v) is 9.10. The maximum atomic E-state index is 12.7. The number of rotatable bonds is 5. The first-order valence-corrected chi connectivity index (χ1v) is 10.8. The van der Waals surface area contributed by atoms with E-state index in [-0.39, 0.29) is 29.7 Å². The van der Waals surface area contributed by atoms with Crippen molar-refractivity contribution in [3.63, 3.8) is 0 Å². The Kier molecular flexibility index (Phi) is 6.43. The van der Waals surface area contributed by atoms with Crippen LogP contribution >= 0.6 is 0 Å². The Morgan fingerprint density at radius 3 is 1.93 bits per heavy atom. The highest BCUT2D eigenvalue weighted by Gasteiger charge is 2.43. The SMILES string of the molecule is CC1CCC(NC(=O)C2CCC(NC(=O)C3CCCC3)CC2)(C(=O)O)CC1. The van der Waals surface area contributed by atoms with Crippen LogP contribution in [0.1, 0.15) is 84.0 Å². The van der Waals surface area contributed by atoms with E-state index in [0.717, 1.165) is 51.4 Å². The highest BCUT2D eigenvalue weighted by atomic mass is 16.4. The molecule has 6 heteroatoms. The lowest BCUT2D eigenvalue weighted by atomic mass is 9.76. The predicted molar refractivity (Wildman–Crippen MR) is 102 cm³/mol. The lowest BCUT2D eigenvalue weighted by Crippen LogP contribution is -2.58. The zero-order valence-electron chi connectivity index (χ0n) is 16.5. The van der Waals surface area contributed by atoms with Crippen molar-refractivity contribution in [1.82, 2.24) is 10.6 Å². The molecule has 0 aromatic heterocycles. The van der Waals surface area contributed by atoms with Crippen LogP contribution in [-0.2, 0) is 14.4 Å². The Bertz CT molecular complexity index is 555. The Morgan fingerprint density at radius 2 is 1.37 bits per heavy atom. The average molecular weight is 379 g/mol. The van der Waals surface area contributed by atoms with Gasteiger partial charge in [-0.3, -0.25) is 9.59 Å². The molecule has 2 amide bonds. The fourth-order valence-electron chi connectivity index (χ4n) is 4.99. The summed E-state index contributed by atoms with van der Waals surface area (Å²) in [6, 6.07) is 0.158. The van der Waals surface area contributed by atoms with E-state index in [9.17, 15) is 19.5 Å². The molecule has 0 bridgehead atoms. The van der Waals surface area contributed by atoms with Gasteiger partial charge < -0.3 is 15.7 Å². The molecule has 0 radical (unpaired) electrons. The van der Waals surface area contributed by atoms with E-state index in [2.05, 4.69) is 17.6 Å². The van der Waals surface area contributed by atoms with Gasteiger partial charge >= 0.3 is 5.97 Å². The Hall–Kier alpha value is -1.59. The highest BCUT2D eigenvalue weighted by Crippen LogP contribution is 2.34.